The topological polar surface area (TPSA) is 108 Å². The van der Waals surface area contributed by atoms with E-state index in [1.165, 1.54) is 25.3 Å². The summed E-state index contributed by atoms with van der Waals surface area (Å²) in [6.45, 7) is 5.12. The third-order valence-electron chi connectivity index (χ3n) is 5.45. The number of allylic oxidation sites excluding steroid dienone is 2. The summed E-state index contributed by atoms with van der Waals surface area (Å²) in [7, 11) is 1.24. The molecule has 1 aliphatic rings. The Morgan fingerprint density at radius 1 is 1.03 bits per heavy atom. The zero-order chi connectivity index (χ0) is 24.8. The van der Waals surface area contributed by atoms with Crippen LogP contribution in [-0.4, -0.2) is 30.1 Å². The van der Waals surface area contributed by atoms with Crippen molar-refractivity contribution in [2.75, 3.05) is 7.11 Å². The summed E-state index contributed by atoms with van der Waals surface area (Å²) in [5.74, 6) is -2.18. The fraction of sp³-hybridized carbons (Fsp3) is 0.231. The summed E-state index contributed by atoms with van der Waals surface area (Å²) in [6.07, 6.45) is 3.04. The number of ether oxygens (including phenoxy) is 2. The third kappa shape index (κ3) is 5.40. The monoisotopic (exact) mass is 462 g/mol. The number of nitro benzene ring substituents is 1. The number of rotatable bonds is 7. The first-order valence-corrected chi connectivity index (χ1v) is 10.7. The predicted octanol–water partition coefficient (Wildman–Crippen LogP) is 4.65. The summed E-state index contributed by atoms with van der Waals surface area (Å²) < 4.78 is 10.6. The molecule has 3 rings (SSSR count). The van der Waals surface area contributed by atoms with E-state index in [2.05, 4.69) is 5.32 Å². The quantitative estimate of drug-likeness (QED) is 0.363. The highest BCUT2D eigenvalue weighted by Crippen LogP contribution is 2.40. The van der Waals surface area contributed by atoms with Crippen LogP contribution in [0.15, 0.2) is 83.2 Å². The van der Waals surface area contributed by atoms with Gasteiger partial charge in [-0.2, -0.15) is 0 Å². The number of nitro groups is 1. The maximum atomic E-state index is 13.3. The van der Waals surface area contributed by atoms with Crippen molar-refractivity contribution in [3.63, 3.8) is 0 Å². The third-order valence-corrected chi connectivity index (χ3v) is 5.45. The van der Waals surface area contributed by atoms with Gasteiger partial charge in [-0.15, -0.1) is 0 Å². The van der Waals surface area contributed by atoms with E-state index < -0.39 is 28.9 Å². The van der Waals surface area contributed by atoms with Gasteiger partial charge in [0.25, 0.3) is 5.69 Å². The van der Waals surface area contributed by atoms with Crippen LogP contribution in [0.25, 0.3) is 6.08 Å². The number of hydrogen-bond donors (Lipinski definition) is 1. The molecule has 8 nitrogen and oxygen atoms in total. The molecule has 2 aromatic carbocycles. The van der Waals surface area contributed by atoms with Crippen LogP contribution >= 0.6 is 0 Å². The molecule has 34 heavy (non-hydrogen) atoms. The van der Waals surface area contributed by atoms with Gasteiger partial charge in [-0.05, 0) is 38.0 Å². The van der Waals surface area contributed by atoms with E-state index >= 15 is 0 Å². The molecule has 0 amide bonds. The Kier molecular flexibility index (Phi) is 7.63. The summed E-state index contributed by atoms with van der Waals surface area (Å²) in [6, 6.07) is 15.4. The molecule has 2 unspecified atom stereocenters. The van der Waals surface area contributed by atoms with Crippen molar-refractivity contribution in [1.82, 2.24) is 5.32 Å². The number of methoxy groups -OCH3 is 1. The molecular weight excluding hydrogens is 436 g/mol. The first kappa shape index (κ1) is 24.4. The Labute approximate surface area is 197 Å². The van der Waals surface area contributed by atoms with Gasteiger partial charge in [-0.1, -0.05) is 48.5 Å². The normalized spacial score (nSPS) is 16.8. The molecule has 0 aliphatic carbocycles. The minimum Gasteiger partial charge on any atom is -0.466 e. The van der Waals surface area contributed by atoms with E-state index in [4.69, 9.17) is 9.47 Å². The summed E-state index contributed by atoms with van der Waals surface area (Å²) in [4.78, 5) is 36.9. The SMILES string of the molecule is COC(=O)C1=C(C)NC(C)=C(C(=O)OC(C)C=Cc2ccccc2)C1c1cccc([N+](=O)[O-])c1. The van der Waals surface area contributed by atoms with Crippen LogP contribution in [0.4, 0.5) is 5.69 Å². The van der Waals surface area contributed by atoms with Gasteiger partial charge in [0, 0.05) is 23.5 Å². The Morgan fingerprint density at radius 2 is 1.68 bits per heavy atom. The highest BCUT2D eigenvalue weighted by atomic mass is 16.6. The molecule has 0 spiro atoms. The summed E-state index contributed by atoms with van der Waals surface area (Å²) in [5.41, 5.74) is 2.58. The fourth-order valence-corrected chi connectivity index (χ4v) is 3.88. The van der Waals surface area contributed by atoms with Crippen molar-refractivity contribution >= 4 is 23.7 Å². The number of non-ortho nitro benzene ring substituents is 1. The zero-order valence-corrected chi connectivity index (χ0v) is 19.4. The van der Waals surface area contributed by atoms with Crippen molar-refractivity contribution in [3.8, 4) is 0 Å². The van der Waals surface area contributed by atoms with Gasteiger partial charge in [0.1, 0.15) is 6.10 Å². The van der Waals surface area contributed by atoms with Crippen molar-refractivity contribution in [1.29, 1.82) is 0 Å². The lowest BCUT2D eigenvalue weighted by molar-refractivity contribution is -0.384. The van der Waals surface area contributed by atoms with E-state index in [0.717, 1.165) is 5.56 Å². The van der Waals surface area contributed by atoms with Crippen LogP contribution in [0, 0.1) is 10.1 Å². The van der Waals surface area contributed by atoms with Gasteiger partial charge < -0.3 is 14.8 Å². The average Bonchev–Trinajstić information content (AvgIpc) is 2.82. The van der Waals surface area contributed by atoms with E-state index in [9.17, 15) is 19.7 Å². The smallest absolute Gasteiger partial charge is 0.337 e. The Morgan fingerprint density at radius 3 is 2.29 bits per heavy atom. The maximum Gasteiger partial charge on any atom is 0.337 e. The minimum absolute atomic E-state index is 0.151. The Bertz CT molecular complexity index is 1200. The second-order valence-electron chi connectivity index (χ2n) is 7.86. The maximum absolute atomic E-state index is 13.3. The van der Waals surface area contributed by atoms with Crippen molar-refractivity contribution in [3.05, 3.63) is 104 Å². The summed E-state index contributed by atoms with van der Waals surface area (Å²) >= 11 is 0. The Balaban J connectivity index is 1.99. The van der Waals surface area contributed by atoms with Gasteiger partial charge in [-0.25, -0.2) is 9.59 Å². The van der Waals surface area contributed by atoms with Gasteiger partial charge >= 0.3 is 11.9 Å². The van der Waals surface area contributed by atoms with Crippen LogP contribution in [0.2, 0.25) is 0 Å². The largest absolute Gasteiger partial charge is 0.466 e. The lowest BCUT2D eigenvalue weighted by atomic mass is 9.80. The first-order chi connectivity index (χ1) is 16.2. The summed E-state index contributed by atoms with van der Waals surface area (Å²) in [5, 5.41) is 14.4. The second kappa shape index (κ2) is 10.6. The zero-order valence-electron chi connectivity index (χ0n) is 19.4. The molecule has 0 radical (unpaired) electrons. The van der Waals surface area contributed by atoms with E-state index in [1.807, 2.05) is 36.4 Å². The molecule has 8 heteroatoms. The molecule has 0 aromatic heterocycles. The minimum atomic E-state index is -0.897. The van der Waals surface area contributed by atoms with Crippen LogP contribution in [0.5, 0.6) is 0 Å². The van der Waals surface area contributed by atoms with Crippen molar-refractivity contribution in [2.45, 2.75) is 32.8 Å². The molecule has 1 heterocycles. The molecule has 1 aliphatic heterocycles. The molecule has 1 N–H and O–H groups in total. The number of carbonyl (C=O) groups excluding carboxylic acids is 2. The number of esters is 2. The van der Waals surface area contributed by atoms with Crippen LogP contribution < -0.4 is 5.32 Å². The second-order valence-corrected chi connectivity index (χ2v) is 7.86. The number of nitrogens with one attached hydrogen (secondary N) is 1. The molecule has 0 bridgehead atoms. The van der Waals surface area contributed by atoms with Crippen LogP contribution in [0.1, 0.15) is 37.8 Å². The van der Waals surface area contributed by atoms with Crippen LogP contribution in [0.3, 0.4) is 0 Å². The Hall–Kier alpha value is -4.20. The molecule has 2 atom stereocenters. The van der Waals surface area contributed by atoms with Crippen molar-refractivity contribution < 1.29 is 24.0 Å². The highest BCUT2D eigenvalue weighted by molar-refractivity contribution is 6.00. The predicted molar refractivity (Wildman–Crippen MR) is 127 cm³/mol. The molecule has 0 saturated carbocycles. The van der Waals surface area contributed by atoms with Crippen LogP contribution in [-0.2, 0) is 19.1 Å². The standard InChI is InChI=1S/C26H26N2O6/c1-16(13-14-19-9-6-5-7-10-19)34-26(30)23-18(3)27-17(2)22(25(29)33-4)24(23)20-11-8-12-21(15-20)28(31)32/h5-16,24,27H,1-4H3. The number of nitrogens with zero attached hydrogens (tertiary/aromatic N) is 1. The first-order valence-electron chi connectivity index (χ1n) is 10.7. The average molecular weight is 463 g/mol. The van der Waals surface area contributed by atoms with Gasteiger partial charge in [-0.3, -0.25) is 10.1 Å². The molecular formula is C26H26N2O6. The lowest BCUT2D eigenvalue weighted by Gasteiger charge is -2.30. The molecule has 0 saturated heterocycles. The van der Waals surface area contributed by atoms with Crippen molar-refractivity contribution in [2.24, 2.45) is 0 Å². The lowest BCUT2D eigenvalue weighted by Crippen LogP contribution is -2.33. The molecule has 176 valence electrons. The van der Waals surface area contributed by atoms with Gasteiger partial charge in [0.05, 0.1) is 29.1 Å². The van der Waals surface area contributed by atoms with E-state index in [0.29, 0.717) is 17.0 Å². The number of benzene rings is 2. The number of hydrogen-bond acceptors (Lipinski definition) is 7. The van der Waals surface area contributed by atoms with Gasteiger partial charge in [0.15, 0.2) is 0 Å². The fourth-order valence-electron chi connectivity index (χ4n) is 3.88. The molecule has 2 aromatic rings. The number of dihydropyridines is 1. The van der Waals surface area contributed by atoms with E-state index in [-0.39, 0.29) is 16.8 Å². The van der Waals surface area contributed by atoms with E-state index in [1.54, 1.807) is 32.9 Å². The van der Waals surface area contributed by atoms with Gasteiger partial charge in [0.2, 0.25) is 0 Å². The highest BCUT2D eigenvalue weighted by Gasteiger charge is 2.38. The molecule has 0 fully saturated rings. The number of carbonyl (C=O) groups is 2.